The van der Waals surface area contributed by atoms with Crippen LogP contribution in [0.3, 0.4) is 0 Å². The number of aryl methyl sites for hydroxylation is 1. The van der Waals surface area contributed by atoms with Crippen molar-refractivity contribution in [1.29, 1.82) is 0 Å². The van der Waals surface area contributed by atoms with Crippen molar-refractivity contribution in [3.05, 3.63) is 131 Å². The van der Waals surface area contributed by atoms with Crippen LogP contribution in [0.2, 0.25) is 5.02 Å². The third kappa shape index (κ3) is 8.24. The molecule has 0 spiro atoms. The van der Waals surface area contributed by atoms with E-state index in [1.165, 1.54) is 47.4 Å². The van der Waals surface area contributed by atoms with E-state index in [1.807, 2.05) is 44.2 Å². The van der Waals surface area contributed by atoms with Gasteiger partial charge in [-0.3, -0.25) is 13.9 Å². The van der Waals surface area contributed by atoms with E-state index in [9.17, 15) is 22.4 Å². The van der Waals surface area contributed by atoms with Gasteiger partial charge in [-0.05, 0) is 60.9 Å². The van der Waals surface area contributed by atoms with Crippen LogP contribution in [0.25, 0.3) is 0 Å². The van der Waals surface area contributed by atoms with Gasteiger partial charge in [0.05, 0.1) is 15.6 Å². The number of anilines is 1. The van der Waals surface area contributed by atoms with E-state index >= 15 is 0 Å². The summed E-state index contributed by atoms with van der Waals surface area (Å²) >= 11 is 6.49. The van der Waals surface area contributed by atoms with Crippen LogP contribution in [0.1, 0.15) is 30.0 Å². The molecule has 10 heteroatoms. The number of nitrogens with one attached hydrogen (secondary N) is 1. The van der Waals surface area contributed by atoms with E-state index in [2.05, 4.69) is 5.32 Å². The highest BCUT2D eigenvalue weighted by Gasteiger charge is 2.35. The molecule has 0 aliphatic carbocycles. The summed E-state index contributed by atoms with van der Waals surface area (Å²) in [5.74, 6) is -1.45. The zero-order valence-corrected chi connectivity index (χ0v) is 26.2. The van der Waals surface area contributed by atoms with Gasteiger partial charge in [0.15, 0.2) is 0 Å². The molecule has 0 fully saturated rings. The normalized spacial score (nSPS) is 11.9. The molecule has 230 valence electrons. The first kappa shape index (κ1) is 32.7. The Bertz CT molecular complexity index is 1670. The lowest BCUT2D eigenvalue weighted by atomic mass is 10.0. The van der Waals surface area contributed by atoms with Crippen molar-refractivity contribution in [3.8, 4) is 0 Å². The molecular formula is C34H35ClFN3O4S. The molecule has 4 aromatic carbocycles. The van der Waals surface area contributed by atoms with Crippen LogP contribution >= 0.6 is 11.6 Å². The van der Waals surface area contributed by atoms with Crippen molar-refractivity contribution in [2.45, 2.75) is 44.2 Å². The summed E-state index contributed by atoms with van der Waals surface area (Å²) in [5.41, 5.74) is 2.39. The zero-order valence-electron chi connectivity index (χ0n) is 24.6. The number of hydrogen-bond acceptors (Lipinski definition) is 4. The standard InChI is InChI=1S/C34H35ClFN3O4S/c1-3-21-37-34(41)32(22-26-9-5-4-6-10-26)38(23-27-15-17-28(36)18-16-27)33(40)24-39(31-12-8-7-11-30(31)35)44(42,43)29-19-13-25(2)14-20-29/h4-20,32H,3,21-24H2,1-2H3,(H,37,41)/t32-/m0/s1. The lowest BCUT2D eigenvalue weighted by molar-refractivity contribution is -0.140. The highest BCUT2D eigenvalue weighted by atomic mass is 35.5. The summed E-state index contributed by atoms with van der Waals surface area (Å²) in [5, 5.41) is 3.03. The number of hydrogen-bond donors (Lipinski definition) is 1. The van der Waals surface area contributed by atoms with Crippen LogP contribution < -0.4 is 9.62 Å². The van der Waals surface area contributed by atoms with E-state index < -0.39 is 34.3 Å². The Labute approximate surface area is 263 Å². The Morgan fingerprint density at radius 1 is 0.864 bits per heavy atom. The van der Waals surface area contributed by atoms with E-state index in [0.29, 0.717) is 18.5 Å². The number of nitrogens with zero attached hydrogens (tertiary/aromatic N) is 2. The number of para-hydroxylation sites is 1. The number of benzene rings is 4. The van der Waals surface area contributed by atoms with E-state index in [1.54, 1.807) is 30.3 Å². The van der Waals surface area contributed by atoms with Gasteiger partial charge in [-0.25, -0.2) is 12.8 Å². The van der Waals surface area contributed by atoms with Crippen LogP contribution in [-0.2, 0) is 32.6 Å². The minimum absolute atomic E-state index is 0.0116. The van der Waals surface area contributed by atoms with Gasteiger partial charge >= 0.3 is 0 Å². The average molecular weight is 636 g/mol. The second-order valence-corrected chi connectivity index (χ2v) is 12.7. The van der Waals surface area contributed by atoms with Crippen LogP contribution in [0.4, 0.5) is 10.1 Å². The lowest BCUT2D eigenvalue weighted by Crippen LogP contribution is -2.53. The van der Waals surface area contributed by atoms with Crippen molar-refractivity contribution >= 4 is 39.1 Å². The maximum absolute atomic E-state index is 14.4. The first-order chi connectivity index (χ1) is 21.1. The Morgan fingerprint density at radius 3 is 2.14 bits per heavy atom. The molecule has 44 heavy (non-hydrogen) atoms. The van der Waals surface area contributed by atoms with Gasteiger partial charge in [-0.15, -0.1) is 0 Å². The number of halogens is 2. The second kappa shape index (κ2) is 15.0. The van der Waals surface area contributed by atoms with Crippen molar-refractivity contribution in [3.63, 3.8) is 0 Å². The second-order valence-electron chi connectivity index (χ2n) is 10.4. The van der Waals surface area contributed by atoms with Crippen LogP contribution in [0.15, 0.2) is 108 Å². The molecule has 0 saturated heterocycles. The first-order valence-corrected chi connectivity index (χ1v) is 16.1. The fourth-order valence-electron chi connectivity index (χ4n) is 4.71. The third-order valence-electron chi connectivity index (χ3n) is 7.10. The van der Waals surface area contributed by atoms with Gasteiger partial charge in [0, 0.05) is 19.5 Å². The molecule has 2 amide bonds. The topological polar surface area (TPSA) is 86.8 Å². The van der Waals surface area contributed by atoms with Gasteiger partial charge < -0.3 is 10.2 Å². The quantitative estimate of drug-likeness (QED) is 0.191. The third-order valence-corrected chi connectivity index (χ3v) is 9.19. The molecule has 0 bridgehead atoms. The Kier molecular flexibility index (Phi) is 11.1. The molecule has 0 saturated carbocycles. The number of sulfonamides is 1. The zero-order chi connectivity index (χ0) is 31.7. The molecule has 1 N–H and O–H groups in total. The smallest absolute Gasteiger partial charge is 0.264 e. The summed E-state index contributed by atoms with van der Waals surface area (Å²) in [6.45, 7) is 3.47. The van der Waals surface area contributed by atoms with E-state index in [4.69, 9.17) is 11.6 Å². The van der Waals surface area contributed by atoms with E-state index in [0.717, 1.165) is 15.4 Å². The maximum atomic E-state index is 14.4. The SMILES string of the molecule is CCCNC(=O)[C@H](Cc1ccccc1)N(Cc1ccc(F)cc1)C(=O)CN(c1ccccc1Cl)S(=O)(=O)c1ccc(C)cc1. The van der Waals surface area contributed by atoms with Crippen molar-refractivity contribution in [2.75, 3.05) is 17.4 Å². The number of carbonyl (C=O) groups excluding carboxylic acids is 2. The molecule has 0 aromatic heterocycles. The number of carbonyl (C=O) groups is 2. The maximum Gasteiger partial charge on any atom is 0.264 e. The van der Waals surface area contributed by atoms with Crippen LogP contribution in [-0.4, -0.2) is 44.3 Å². The fraction of sp³-hybridized carbons (Fsp3) is 0.235. The summed E-state index contributed by atoms with van der Waals surface area (Å²) in [6, 6.07) is 26.6. The molecule has 4 aromatic rings. The lowest BCUT2D eigenvalue weighted by Gasteiger charge is -2.34. The summed E-state index contributed by atoms with van der Waals surface area (Å²) in [4.78, 5) is 29.4. The van der Waals surface area contributed by atoms with Gasteiger partial charge in [-0.1, -0.05) is 90.8 Å². The predicted molar refractivity (Wildman–Crippen MR) is 171 cm³/mol. The first-order valence-electron chi connectivity index (χ1n) is 14.3. The molecule has 1 atom stereocenters. The van der Waals surface area contributed by atoms with Gasteiger partial charge in [-0.2, -0.15) is 0 Å². The van der Waals surface area contributed by atoms with Gasteiger partial charge in [0.1, 0.15) is 18.4 Å². The predicted octanol–water partition coefficient (Wildman–Crippen LogP) is 6.15. The van der Waals surface area contributed by atoms with Crippen molar-refractivity contribution in [2.24, 2.45) is 0 Å². The van der Waals surface area contributed by atoms with Crippen molar-refractivity contribution in [1.82, 2.24) is 10.2 Å². The van der Waals surface area contributed by atoms with E-state index in [-0.39, 0.29) is 34.5 Å². The minimum atomic E-state index is -4.27. The molecule has 7 nitrogen and oxygen atoms in total. The van der Waals surface area contributed by atoms with Gasteiger partial charge in [0.2, 0.25) is 11.8 Å². The van der Waals surface area contributed by atoms with Crippen molar-refractivity contribution < 1.29 is 22.4 Å². The van der Waals surface area contributed by atoms with Crippen LogP contribution in [0.5, 0.6) is 0 Å². The Hall–Kier alpha value is -4.21. The number of amides is 2. The summed E-state index contributed by atoms with van der Waals surface area (Å²) < 4.78 is 42.9. The van der Waals surface area contributed by atoms with Gasteiger partial charge in [0.25, 0.3) is 10.0 Å². The highest BCUT2D eigenvalue weighted by molar-refractivity contribution is 7.92. The molecule has 0 aliphatic rings. The van der Waals surface area contributed by atoms with Crippen LogP contribution in [0, 0.1) is 12.7 Å². The molecule has 0 unspecified atom stereocenters. The summed E-state index contributed by atoms with van der Waals surface area (Å²) in [6.07, 6.45) is 0.866. The minimum Gasteiger partial charge on any atom is -0.354 e. The molecule has 0 heterocycles. The molecule has 0 aliphatic heterocycles. The Morgan fingerprint density at radius 2 is 1.50 bits per heavy atom. The fourth-order valence-corrected chi connectivity index (χ4v) is 6.43. The summed E-state index contributed by atoms with van der Waals surface area (Å²) in [7, 11) is -4.27. The Balaban J connectivity index is 1.80. The molecule has 4 rings (SSSR count). The average Bonchev–Trinajstić information content (AvgIpc) is 3.02. The highest BCUT2D eigenvalue weighted by Crippen LogP contribution is 2.31. The number of rotatable bonds is 13. The monoisotopic (exact) mass is 635 g/mol. The molecule has 0 radical (unpaired) electrons. The largest absolute Gasteiger partial charge is 0.354 e. The molecular weight excluding hydrogens is 601 g/mol.